The zero-order valence-corrected chi connectivity index (χ0v) is 8.69. The number of hydrogen-bond acceptors (Lipinski definition) is 3. The molecule has 0 rings (SSSR count). The van der Waals surface area contributed by atoms with Crippen molar-refractivity contribution in [3.05, 3.63) is 0 Å². The van der Waals surface area contributed by atoms with Crippen molar-refractivity contribution in [1.82, 2.24) is 4.90 Å². The summed E-state index contributed by atoms with van der Waals surface area (Å²) in [6.45, 7) is 7.35. The van der Waals surface area contributed by atoms with E-state index < -0.39 is 12.0 Å². The fourth-order valence-electron chi connectivity index (χ4n) is 1.62. The molecule has 4 nitrogen and oxygen atoms in total. The molecule has 0 saturated carbocycles. The summed E-state index contributed by atoms with van der Waals surface area (Å²) in [6, 6.07) is -0.554. The van der Waals surface area contributed by atoms with Crippen LogP contribution in [-0.2, 0) is 4.79 Å². The minimum absolute atomic E-state index is 0.119. The first-order valence-corrected chi connectivity index (χ1v) is 4.52. The van der Waals surface area contributed by atoms with Gasteiger partial charge in [0.1, 0.15) is 6.04 Å². The Morgan fingerprint density at radius 2 is 1.62 bits per heavy atom. The average Bonchev–Trinajstić information content (AvgIpc) is 1.97. The first kappa shape index (κ1) is 12.4. The van der Waals surface area contributed by atoms with Gasteiger partial charge in [-0.3, -0.25) is 9.69 Å². The van der Waals surface area contributed by atoms with Gasteiger partial charge in [0, 0.05) is 12.1 Å². The third kappa shape index (κ3) is 3.32. The number of aliphatic carboxylic acids is 1. The highest BCUT2D eigenvalue weighted by Crippen LogP contribution is 2.10. The van der Waals surface area contributed by atoms with Crippen molar-refractivity contribution in [3.63, 3.8) is 0 Å². The van der Waals surface area contributed by atoms with Crippen molar-refractivity contribution < 1.29 is 15.0 Å². The molecule has 0 unspecified atom stereocenters. The first-order chi connectivity index (χ1) is 5.91. The molecular formula is C9H19NO3. The van der Waals surface area contributed by atoms with Crippen LogP contribution in [0, 0.1) is 0 Å². The van der Waals surface area contributed by atoms with Crippen LogP contribution in [0.1, 0.15) is 27.7 Å². The van der Waals surface area contributed by atoms with Crippen molar-refractivity contribution in [1.29, 1.82) is 0 Å². The van der Waals surface area contributed by atoms with Gasteiger partial charge in [0.15, 0.2) is 0 Å². The van der Waals surface area contributed by atoms with E-state index in [-0.39, 0.29) is 18.7 Å². The number of hydrogen-bond donors (Lipinski definition) is 2. The summed E-state index contributed by atoms with van der Waals surface area (Å²) in [5.74, 6) is -0.968. The standard InChI is InChI=1S/C9H19NO3/c1-6(2)10(7(3)4)8(5-11)9(12)13/h6-8,11H,5H2,1-4H3,(H,12,13)/t8-/m0/s1. The van der Waals surface area contributed by atoms with Crippen LogP contribution in [0.2, 0.25) is 0 Å². The maximum Gasteiger partial charge on any atom is 0.323 e. The van der Waals surface area contributed by atoms with Crippen molar-refractivity contribution >= 4 is 5.97 Å². The minimum atomic E-state index is -0.968. The molecule has 0 aliphatic carbocycles. The zero-order valence-electron chi connectivity index (χ0n) is 8.69. The van der Waals surface area contributed by atoms with Crippen LogP contribution < -0.4 is 0 Å². The molecule has 0 aromatic heterocycles. The molecule has 13 heavy (non-hydrogen) atoms. The van der Waals surface area contributed by atoms with Gasteiger partial charge in [-0.1, -0.05) is 0 Å². The van der Waals surface area contributed by atoms with Crippen LogP contribution in [0.3, 0.4) is 0 Å². The normalized spacial score (nSPS) is 14.2. The maximum absolute atomic E-state index is 10.8. The molecule has 0 aliphatic rings. The lowest BCUT2D eigenvalue weighted by atomic mass is 10.1. The molecule has 0 bridgehead atoms. The first-order valence-electron chi connectivity index (χ1n) is 4.52. The van der Waals surface area contributed by atoms with E-state index in [2.05, 4.69) is 0 Å². The van der Waals surface area contributed by atoms with Crippen LogP contribution in [-0.4, -0.2) is 45.8 Å². The van der Waals surface area contributed by atoms with Crippen LogP contribution in [0.4, 0.5) is 0 Å². The minimum Gasteiger partial charge on any atom is -0.480 e. The largest absolute Gasteiger partial charge is 0.480 e. The Balaban J connectivity index is 4.59. The molecule has 1 atom stereocenters. The molecule has 0 radical (unpaired) electrons. The lowest BCUT2D eigenvalue weighted by Gasteiger charge is -2.34. The molecule has 4 heteroatoms. The van der Waals surface area contributed by atoms with E-state index in [9.17, 15) is 4.79 Å². The van der Waals surface area contributed by atoms with E-state index in [1.807, 2.05) is 27.7 Å². The highest BCUT2D eigenvalue weighted by atomic mass is 16.4. The summed E-state index contributed by atoms with van der Waals surface area (Å²) in [5, 5.41) is 17.8. The Bertz CT molecular complexity index is 160. The molecule has 0 spiro atoms. The highest BCUT2D eigenvalue weighted by Gasteiger charge is 2.28. The summed E-state index contributed by atoms with van der Waals surface area (Å²) in [6.07, 6.45) is 0. The summed E-state index contributed by atoms with van der Waals surface area (Å²) in [7, 11) is 0. The molecule has 0 amide bonds. The molecule has 0 aromatic carbocycles. The van der Waals surface area contributed by atoms with E-state index >= 15 is 0 Å². The van der Waals surface area contributed by atoms with Gasteiger partial charge in [0.05, 0.1) is 6.61 Å². The summed E-state index contributed by atoms with van der Waals surface area (Å²) >= 11 is 0. The maximum atomic E-state index is 10.8. The van der Waals surface area contributed by atoms with Gasteiger partial charge in [-0.2, -0.15) is 0 Å². The molecular weight excluding hydrogens is 170 g/mol. The Hall–Kier alpha value is -0.610. The lowest BCUT2D eigenvalue weighted by Crippen LogP contribution is -2.50. The monoisotopic (exact) mass is 189 g/mol. The lowest BCUT2D eigenvalue weighted by molar-refractivity contribution is -0.146. The fraction of sp³-hybridized carbons (Fsp3) is 0.889. The van der Waals surface area contributed by atoms with Gasteiger partial charge in [-0.15, -0.1) is 0 Å². The van der Waals surface area contributed by atoms with Gasteiger partial charge in [0.2, 0.25) is 0 Å². The predicted molar refractivity (Wildman–Crippen MR) is 50.6 cm³/mol. The van der Waals surface area contributed by atoms with Crippen molar-refractivity contribution in [2.24, 2.45) is 0 Å². The average molecular weight is 189 g/mol. The Labute approximate surface area is 79.2 Å². The second-order valence-electron chi connectivity index (χ2n) is 3.67. The Kier molecular flexibility index (Phi) is 4.95. The second kappa shape index (κ2) is 5.19. The number of carbonyl (C=O) groups is 1. The summed E-state index contributed by atoms with van der Waals surface area (Å²) in [5.41, 5.74) is 0. The van der Waals surface area contributed by atoms with Gasteiger partial charge in [-0.05, 0) is 27.7 Å². The van der Waals surface area contributed by atoms with Crippen molar-refractivity contribution in [3.8, 4) is 0 Å². The third-order valence-electron chi connectivity index (χ3n) is 2.01. The molecule has 78 valence electrons. The summed E-state index contributed by atoms with van der Waals surface area (Å²) < 4.78 is 0. The van der Waals surface area contributed by atoms with Crippen molar-refractivity contribution in [2.75, 3.05) is 6.61 Å². The van der Waals surface area contributed by atoms with E-state index in [4.69, 9.17) is 10.2 Å². The molecule has 0 aliphatic heterocycles. The molecule has 0 saturated heterocycles. The molecule has 0 aromatic rings. The van der Waals surface area contributed by atoms with Crippen LogP contribution >= 0.6 is 0 Å². The quantitative estimate of drug-likeness (QED) is 0.663. The van der Waals surface area contributed by atoms with E-state index in [1.54, 1.807) is 4.90 Å². The number of rotatable bonds is 5. The van der Waals surface area contributed by atoms with Crippen LogP contribution in [0.25, 0.3) is 0 Å². The van der Waals surface area contributed by atoms with E-state index in [1.165, 1.54) is 0 Å². The molecule has 2 N–H and O–H groups in total. The SMILES string of the molecule is CC(C)N(C(C)C)[C@@H](CO)C(=O)O. The van der Waals surface area contributed by atoms with Gasteiger partial charge in [0.25, 0.3) is 0 Å². The Morgan fingerprint density at radius 1 is 1.23 bits per heavy atom. The number of carboxylic acid groups (broad SMARTS) is 1. The van der Waals surface area contributed by atoms with Crippen LogP contribution in [0.5, 0.6) is 0 Å². The number of aliphatic hydroxyl groups excluding tert-OH is 1. The van der Waals surface area contributed by atoms with Gasteiger partial charge in [-0.25, -0.2) is 0 Å². The predicted octanol–water partition coefficient (Wildman–Crippen LogP) is 0.551. The molecule has 0 heterocycles. The van der Waals surface area contributed by atoms with E-state index in [0.717, 1.165) is 0 Å². The third-order valence-corrected chi connectivity index (χ3v) is 2.01. The van der Waals surface area contributed by atoms with Gasteiger partial charge < -0.3 is 10.2 Å². The number of nitrogens with zero attached hydrogens (tertiary/aromatic N) is 1. The zero-order chi connectivity index (χ0) is 10.6. The fourth-order valence-corrected chi connectivity index (χ4v) is 1.62. The Morgan fingerprint density at radius 3 is 1.69 bits per heavy atom. The second-order valence-corrected chi connectivity index (χ2v) is 3.67. The topological polar surface area (TPSA) is 60.8 Å². The molecule has 0 fully saturated rings. The van der Waals surface area contributed by atoms with E-state index in [0.29, 0.717) is 0 Å². The number of carboxylic acids is 1. The van der Waals surface area contributed by atoms with Gasteiger partial charge >= 0.3 is 5.97 Å². The van der Waals surface area contributed by atoms with Crippen LogP contribution in [0.15, 0.2) is 0 Å². The number of aliphatic hydroxyl groups is 1. The summed E-state index contributed by atoms with van der Waals surface area (Å²) in [4.78, 5) is 12.6. The smallest absolute Gasteiger partial charge is 0.323 e. The van der Waals surface area contributed by atoms with Crippen molar-refractivity contribution in [2.45, 2.75) is 45.8 Å². The highest BCUT2D eigenvalue weighted by molar-refractivity contribution is 5.73.